The van der Waals surface area contributed by atoms with Crippen LogP contribution >= 0.6 is 0 Å². The van der Waals surface area contributed by atoms with Crippen molar-refractivity contribution in [1.29, 1.82) is 0 Å². The first-order chi connectivity index (χ1) is 28.7. The van der Waals surface area contributed by atoms with Crippen LogP contribution in [0.2, 0.25) is 0 Å². The van der Waals surface area contributed by atoms with Crippen molar-refractivity contribution >= 4 is 17.7 Å². The van der Waals surface area contributed by atoms with Crippen LogP contribution in [0.5, 0.6) is 0 Å². The molecule has 61 heavy (non-hydrogen) atoms. The summed E-state index contributed by atoms with van der Waals surface area (Å²) in [7, 11) is 3.62. The fraction of sp³-hybridized carbons (Fsp3) is 0.756. The van der Waals surface area contributed by atoms with Crippen molar-refractivity contribution in [1.82, 2.24) is 20.7 Å². The van der Waals surface area contributed by atoms with E-state index in [1.807, 2.05) is 24.7 Å². The highest BCUT2D eigenvalue weighted by Crippen LogP contribution is 2.40. The van der Waals surface area contributed by atoms with Gasteiger partial charge in [0.2, 0.25) is 11.6 Å². The van der Waals surface area contributed by atoms with Crippen molar-refractivity contribution in [2.24, 2.45) is 29.6 Å². The van der Waals surface area contributed by atoms with Gasteiger partial charge in [-0.05, 0) is 91.0 Å². The van der Waals surface area contributed by atoms with Crippen LogP contribution in [0.3, 0.4) is 0 Å². The molecule has 2 fully saturated rings. The number of methoxy groups -OCH3 is 1. The SMILES string of the molecule is CCC1OC(=O)[C@H](C)[C@H](O)[C@H](C)[C@@H](OC2O[C@H](C)C[C@H](N(C)Cc3ccc(-c4c[n+](CCCCCC(=O)NO)[nH]n4)cc3)[C@H]2C)[C@@](C)(OC)C[C@@H](C)C(=O)[C@H](C)[C@@H](O)[C@]1(C)O. The second kappa shape index (κ2) is 21.8. The highest BCUT2D eigenvalue weighted by molar-refractivity contribution is 5.83. The van der Waals surface area contributed by atoms with Gasteiger partial charge >= 0.3 is 5.97 Å². The number of aliphatic hydroxyl groups excluding tert-OH is 2. The van der Waals surface area contributed by atoms with E-state index in [1.54, 1.807) is 40.1 Å². The Bertz CT molecular complexity index is 1720. The number of aryl methyl sites for hydroxylation is 1. The fourth-order valence-corrected chi connectivity index (χ4v) is 9.38. The number of aromatic amines is 1. The maximum absolute atomic E-state index is 13.9. The number of carbonyl (C=O) groups excluding carboxylic acids is 3. The molecular weight excluding hydrogens is 787 g/mol. The number of hydroxylamine groups is 1. The molecule has 0 radical (unpaired) electrons. The number of Topliss-reactive ketones (excluding diaryl/α,β-unsaturated/α-hetero) is 1. The third kappa shape index (κ3) is 12.2. The lowest BCUT2D eigenvalue weighted by Gasteiger charge is -2.49. The number of ether oxygens (including phenoxy) is 4. The van der Waals surface area contributed by atoms with Crippen LogP contribution in [-0.2, 0) is 46.4 Å². The first-order valence-corrected chi connectivity index (χ1v) is 22.0. The summed E-state index contributed by atoms with van der Waals surface area (Å²) in [6, 6.07) is 8.34. The van der Waals surface area contributed by atoms with E-state index in [2.05, 4.69) is 53.4 Å². The van der Waals surface area contributed by atoms with E-state index in [0.717, 1.165) is 42.6 Å². The molecule has 1 aromatic carbocycles. The molecule has 16 heteroatoms. The number of aromatic nitrogens is 3. The number of benzene rings is 1. The van der Waals surface area contributed by atoms with Crippen molar-refractivity contribution in [2.45, 2.75) is 174 Å². The van der Waals surface area contributed by atoms with Crippen molar-refractivity contribution in [2.75, 3.05) is 14.2 Å². The summed E-state index contributed by atoms with van der Waals surface area (Å²) in [5.74, 6) is -4.92. The number of aliphatic hydroxyl groups is 3. The molecule has 2 aliphatic heterocycles. The zero-order valence-corrected chi connectivity index (χ0v) is 38.2. The summed E-state index contributed by atoms with van der Waals surface area (Å²) in [6.45, 7) is 17.1. The van der Waals surface area contributed by atoms with Crippen LogP contribution in [-0.4, -0.2) is 122 Å². The molecule has 3 heterocycles. The second-order valence-electron chi connectivity index (χ2n) is 18.4. The summed E-state index contributed by atoms with van der Waals surface area (Å²) in [5, 5.41) is 50.8. The van der Waals surface area contributed by atoms with Gasteiger partial charge in [-0.15, -0.1) is 0 Å². The number of amides is 1. The molecule has 16 nitrogen and oxygen atoms in total. The van der Waals surface area contributed by atoms with E-state index < -0.39 is 71.5 Å². The van der Waals surface area contributed by atoms with Crippen LogP contribution in [0.25, 0.3) is 11.3 Å². The van der Waals surface area contributed by atoms with E-state index >= 15 is 0 Å². The van der Waals surface area contributed by atoms with Crippen molar-refractivity contribution in [3.8, 4) is 11.3 Å². The maximum atomic E-state index is 13.9. The van der Waals surface area contributed by atoms with Gasteiger partial charge in [-0.25, -0.2) is 5.48 Å². The van der Waals surface area contributed by atoms with Gasteiger partial charge in [0.1, 0.15) is 24.0 Å². The average molecular weight is 861 g/mol. The number of H-pyrrole nitrogens is 1. The lowest BCUT2D eigenvalue weighted by molar-refractivity contribution is -0.753. The molecule has 0 aliphatic carbocycles. The van der Waals surface area contributed by atoms with Gasteiger partial charge in [0, 0.05) is 60.5 Å². The molecule has 1 amide bonds. The van der Waals surface area contributed by atoms with Gasteiger partial charge in [-0.1, -0.05) is 52.0 Å². The van der Waals surface area contributed by atoms with Crippen LogP contribution in [0.15, 0.2) is 30.5 Å². The molecule has 2 unspecified atom stereocenters. The van der Waals surface area contributed by atoms with Crippen molar-refractivity contribution < 1.29 is 58.5 Å². The Hall–Kier alpha value is -3.35. The Kier molecular flexibility index (Phi) is 18.0. The summed E-state index contributed by atoms with van der Waals surface area (Å²) in [4.78, 5) is 41.0. The summed E-state index contributed by atoms with van der Waals surface area (Å²) >= 11 is 0. The van der Waals surface area contributed by atoms with E-state index in [1.165, 1.54) is 14.0 Å². The first-order valence-electron chi connectivity index (χ1n) is 22.0. The lowest BCUT2D eigenvalue weighted by Crippen LogP contribution is -2.59. The number of ketones is 1. The topological polar surface area (TPSA) is 217 Å². The predicted octanol–water partition coefficient (Wildman–Crippen LogP) is 4.10. The Balaban J connectivity index is 1.52. The number of cyclic esters (lactones) is 1. The number of carbonyl (C=O) groups is 3. The Morgan fingerprint density at radius 1 is 1.03 bits per heavy atom. The number of esters is 1. The van der Waals surface area contributed by atoms with Gasteiger partial charge in [0.25, 0.3) is 0 Å². The van der Waals surface area contributed by atoms with Crippen molar-refractivity contribution in [3.05, 3.63) is 36.0 Å². The van der Waals surface area contributed by atoms with E-state index in [9.17, 15) is 29.7 Å². The molecule has 0 bridgehead atoms. The first kappa shape index (κ1) is 50.3. The Morgan fingerprint density at radius 3 is 2.33 bits per heavy atom. The molecule has 2 saturated heterocycles. The molecular formula is C45H74N5O11+. The number of nitrogens with one attached hydrogen (secondary N) is 2. The highest BCUT2D eigenvalue weighted by Gasteiger charge is 2.51. The third-order valence-electron chi connectivity index (χ3n) is 13.5. The molecule has 14 atom stereocenters. The van der Waals surface area contributed by atoms with Gasteiger partial charge < -0.3 is 34.3 Å². The average Bonchev–Trinajstić information content (AvgIpc) is 3.72. The minimum Gasteiger partial charge on any atom is -0.459 e. The third-order valence-corrected chi connectivity index (χ3v) is 13.5. The summed E-state index contributed by atoms with van der Waals surface area (Å²) in [5.41, 5.74) is 1.49. The smallest absolute Gasteiger partial charge is 0.311 e. The van der Waals surface area contributed by atoms with E-state index in [4.69, 9.17) is 24.2 Å². The minimum absolute atomic E-state index is 0.0415. The molecule has 2 aromatic rings. The monoisotopic (exact) mass is 861 g/mol. The standard InChI is InChI=1S/C45H73N5O11/c1-12-36-45(9,56)40(54)29(5)38(52)26(2)23-44(8,58-11)41(30(6)39(53)31(7)42(55)60-36)61-43-28(4)35(22-27(3)59-43)49(10)24-32-17-19-33(20-18-32)34-25-50(48-46-34)21-15-13-14-16-37(51)47-57/h17-20,25-31,35-36,39-41,43,53-54,56H,12-16,21-24H2,1-11H3,(H2,46,47,48,51,57)/p+1/t26-,27-,28-,29+,30+,31-,35+,36?,39-,40-,41-,43?,44+,45-/m1/s1. The van der Waals surface area contributed by atoms with E-state index in [-0.39, 0.29) is 42.6 Å². The number of nitrogens with zero attached hydrogens (tertiary/aromatic N) is 3. The summed E-state index contributed by atoms with van der Waals surface area (Å²) < 4.78 is 27.4. The van der Waals surface area contributed by atoms with Crippen LogP contribution in [0.1, 0.15) is 113 Å². The Morgan fingerprint density at radius 2 is 1.70 bits per heavy atom. The van der Waals surface area contributed by atoms with Crippen LogP contribution < -0.4 is 10.2 Å². The number of unbranched alkanes of at least 4 members (excludes halogenated alkanes) is 2. The molecule has 0 saturated carbocycles. The second-order valence-corrected chi connectivity index (χ2v) is 18.4. The minimum atomic E-state index is -1.93. The molecule has 1 aromatic heterocycles. The zero-order chi connectivity index (χ0) is 45.4. The maximum Gasteiger partial charge on any atom is 0.311 e. The predicted molar refractivity (Wildman–Crippen MR) is 225 cm³/mol. The van der Waals surface area contributed by atoms with Gasteiger partial charge in [-0.2, -0.15) is 4.68 Å². The highest BCUT2D eigenvalue weighted by atomic mass is 16.7. The summed E-state index contributed by atoms with van der Waals surface area (Å²) in [6.07, 6.45) is 0.0811. The number of hydrogen-bond donors (Lipinski definition) is 6. The fourth-order valence-electron chi connectivity index (χ4n) is 9.38. The normalized spacial score (nSPS) is 35.7. The molecule has 4 rings (SSSR count). The van der Waals surface area contributed by atoms with Gasteiger partial charge in [0.05, 0.1) is 35.9 Å². The molecule has 6 N–H and O–H groups in total. The quantitative estimate of drug-likeness (QED) is 0.0520. The number of hydrogen-bond acceptors (Lipinski definition) is 13. The number of rotatable bonds is 14. The molecule has 344 valence electrons. The Labute approximate surface area is 361 Å². The molecule has 2 aliphatic rings. The van der Waals surface area contributed by atoms with Gasteiger partial charge in [0.15, 0.2) is 12.5 Å². The van der Waals surface area contributed by atoms with Crippen LogP contribution in [0.4, 0.5) is 0 Å². The van der Waals surface area contributed by atoms with Crippen molar-refractivity contribution in [3.63, 3.8) is 0 Å². The molecule has 0 spiro atoms. The zero-order valence-electron chi connectivity index (χ0n) is 38.2. The van der Waals surface area contributed by atoms with E-state index in [0.29, 0.717) is 19.4 Å². The largest absolute Gasteiger partial charge is 0.459 e. The van der Waals surface area contributed by atoms with Gasteiger partial charge in [-0.3, -0.25) is 24.5 Å². The lowest BCUT2D eigenvalue weighted by atomic mass is 9.74. The van der Waals surface area contributed by atoms with Crippen LogP contribution in [0, 0.1) is 29.6 Å².